The van der Waals surface area contributed by atoms with Crippen LogP contribution in [0.25, 0.3) is 0 Å². The van der Waals surface area contributed by atoms with Gasteiger partial charge in [-0.15, -0.1) is 0 Å². The molecule has 0 atom stereocenters. The van der Waals surface area contributed by atoms with Crippen LogP contribution >= 0.6 is 12.6 Å². The van der Waals surface area contributed by atoms with Gasteiger partial charge in [0.15, 0.2) is 0 Å². The minimum Gasteiger partial charge on any atom is -0.465 e. The smallest absolute Gasteiger partial charge is 0.305 e. The average molecular weight is 413 g/mol. The third-order valence-corrected chi connectivity index (χ3v) is 5.43. The maximum Gasteiger partial charge on any atom is 0.305 e. The highest BCUT2D eigenvalue weighted by Crippen LogP contribution is 2.13. The van der Waals surface area contributed by atoms with Crippen LogP contribution in [-0.4, -0.2) is 18.3 Å². The van der Waals surface area contributed by atoms with Crippen molar-refractivity contribution in [3.05, 3.63) is 12.2 Å². The van der Waals surface area contributed by atoms with E-state index >= 15 is 0 Å². The molecule has 28 heavy (non-hydrogen) atoms. The van der Waals surface area contributed by atoms with E-state index in [9.17, 15) is 4.79 Å². The van der Waals surface area contributed by atoms with Crippen molar-refractivity contribution in [3.8, 4) is 0 Å². The maximum atomic E-state index is 11.3. The van der Waals surface area contributed by atoms with E-state index in [4.69, 9.17) is 4.74 Å². The monoisotopic (exact) mass is 412 g/mol. The van der Waals surface area contributed by atoms with E-state index in [-0.39, 0.29) is 5.97 Å². The molecule has 0 aliphatic rings. The van der Waals surface area contributed by atoms with Gasteiger partial charge in [-0.25, -0.2) is 0 Å². The first-order chi connectivity index (χ1) is 13.8. The van der Waals surface area contributed by atoms with Crippen molar-refractivity contribution < 1.29 is 9.53 Å². The van der Waals surface area contributed by atoms with E-state index in [1.54, 1.807) is 0 Å². The fourth-order valence-corrected chi connectivity index (χ4v) is 3.55. The molecule has 0 aromatic rings. The topological polar surface area (TPSA) is 26.3 Å². The minimum absolute atomic E-state index is 0.0829. The molecule has 0 aromatic heterocycles. The average Bonchev–Trinajstić information content (AvgIpc) is 2.70. The molecule has 0 radical (unpaired) electrons. The molecule has 0 spiro atoms. The van der Waals surface area contributed by atoms with E-state index in [2.05, 4.69) is 31.7 Å². The van der Waals surface area contributed by atoms with Crippen LogP contribution in [0.4, 0.5) is 0 Å². The zero-order valence-electron chi connectivity index (χ0n) is 18.8. The van der Waals surface area contributed by atoms with Gasteiger partial charge in [-0.05, 0) is 32.1 Å². The molecule has 0 aromatic carbocycles. The standard InChI is InChI=1S/C25H48O2S/c1-2-3-4-5-6-7-8-9-10-11-12-13-14-15-16-17-18-19-20-21-22-25(26)27-23-24-28/h17-18,28H,2-16,19-24H2,1H3/b18-17+. The number of ether oxygens (including phenoxy) is 1. The molecule has 0 saturated heterocycles. The number of hydrogen-bond acceptors (Lipinski definition) is 3. The lowest BCUT2D eigenvalue weighted by Gasteiger charge is -2.03. The Morgan fingerprint density at radius 3 is 1.57 bits per heavy atom. The summed E-state index contributed by atoms with van der Waals surface area (Å²) in [6.07, 6.45) is 29.3. The summed E-state index contributed by atoms with van der Waals surface area (Å²) < 4.78 is 5.00. The predicted octanol–water partition coefficient (Wildman–Crippen LogP) is 8.45. The molecule has 0 rings (SSSR count). The van der Waals surface area contributed by atoms with Gasteiger partial charge >= 0.3 is 5.97 Å². The molecule has 0 heterocycles. The third-order valence-electron chi connectivity index (χ3n) is 5.25. The highest BCUT2D eigenvalue weighted by molar-refractivity contribution is 7.80. The molecule has 2 nitrogen and oxygen atoms in total. The third kappa shape index (κ3) is 23.6. The lowest BCUT2D eigenvalue weighted by molar-refractivity contribution is -0.143. The van der Waals surface area contributed by atoms with Crippen LogP contribution in [0.2, 0.25) is 0 Å². The normalized spacial score (nSPS) is 11.4. The highest BCUT2D eigenvalue weighted by Gasteiger charge is 2.00. The van der Waals surface area contributed by atoms with Gasteiger partial charge in [0.2, 0.25) is 0 Å². The number of rotatable bonds is 22. The molecular weight excluding hydrogens is 364 g/mol. The SMILES string of the molecule is CCCCCCCCCCCCCCCC/C=C/CCCCC(=O)OCCS. The lowest BCUT2D eigenvalue weighted by Crippen LogP contribution is -2.06. The fraction of sp³-hybridized carbons (Fsp3) is 0.880. The molecule has 0 unspecified atom stereocenters. The number of unbranched alkanes of at least 4 members (excludes halogenated alkanes) is 16. The Morgan fingerprint density at radius 2 is 1.11 bits per heavy atom. The number of carbonyl (C=O) groups excluding carboxylic acids is 1. The number of hydrogen-bond donors (Lipinski definition) is 1. The minimum atomic E-state index is -0.0829. The van der Waals surface area contributed by atoms with Crippen LogP contribution < -0.4 is 0 Å². The summed E-state index contributed by atoms with van der Waals surface area (Å²) in [6.45, 7) is 2.72. The van der Waals surface area contributed by atoms with Gasteiger partial charge in [0.1, 0.15) is 6.61 Å². The van der Waals surface area contributed by atoms with E-state index in [0.29, 0.717) is 18.8 Å². The van der Waals surface area contributed by atoms with Gasteiger partial charge in [-0.3, -0.25) is 4.79 Å². The number of thiol groups is 1. The van der Waals surface area contributed by atoms with Crippen LogP contribution in [0, 0.1) is 0 Å². The van der Waals surface area contributed by atoms with Crippen molar-refractivity contribution in [2.24, 2.45) is 0 Å². The first-order valence-electron chi connectivity index (χ1n) is 12.2. The van der Waals surface area contributed by atoms with E-state index in [1.165, 1.54) is 96.3 Å². The van der Waals surface area contributed by atoms with Crippen molar-refractivity contribution in [3.63, 3.8) is 0 Å². The Hall–Kier alpha value is -0.440. The summed E-state index contributed by atoms with van der Waals surface area (Å²) in [5, 5.41) is 0. The van der Waals surface area contributed by atoms with Crippen molar-refractivity contribution >= 4 is 18.6 Å². The number of esters is 1. The molecule has 166 valence electrons. The zero-order valence-corrected chi connectivity index (χ0v) is 19.7. The Morgan fingerprint density at radius 1 is 0.679 bits per heavy atom. The van der Waals surface area contributed by atoms with Crippen LogP contribution in [0.15, 0.2) is 12.2 Å². The Kier molecular flexibility index (Phi) is 24.2. The maximum absolute atomic E-state index is 11.3. The van der Waals surface area contributed by atoms with Gasteiger partial charge in [0.25, 0.3) is 0 Å². The zero-order chi connectivity index (χ0) is 20.5. The van der Waals surface area contributed by atoms with Gasteiger partial charge in [0.05, 0.1) is 0 Å². The molecule has 0 bridgehead atoms. The first-order valence-corrected chi connectivity index (χ1v) is 12.9. The van der Waals surface area contributed by atoms with Gasteiger partial charge in [-0.2, -0.15) is 12.6 Å². The summed E-state index contributed by atoms with van der Waals surface area (Å²) in [6, 6.07) is 0. The van der Waals surface area contributed by atoms with E-state index < -0.39 is 0 Å². The van der Waals surface area contributed by atoms with Crippen LogP contribution in [0.5, 0.6) is 0 Å². The van der Waals surface area contributed by atoms with Gasteiger partial charge in [-0.1, -0.05) is 103 Å². The quantitative estimate of drug-likeness (QED) is 0.0835. The predicted molar refractivity (Wildman–Crippen MR) is 127 cm³/mol. The van der Waals surface area contributed by atoms with Crippen LogP contribution in [-0.2, 0) is 9.53 Å². The van der Waals surface area contributed by atoms with Gasteiger partial charge in [0, 0.05) is 12.2 Å². The molecule has 3 heteroatoms. The molecule has 0 N–H and O–H groups in total. The Labute approximate surface area is 181 Å². The van der Waals surface area contributed by atoms with Crippen molar-refractivity contribution in [1.82, 2.24) is 0 Å². The molecule has 0 saturated carbocycles. The van der Waals surface area contributed by atoms with Crippen LogP contribution in [0.1, 0.15) is 129 Å². The number of carbonyl (C=O) groups is 1. The second-order valence-corrected chi connectivity index (χ2v) is 8.49. The molecule has 0 aliphatic carbocycles. The molecule has 0 fully saturated rings. The summed E-state index contributed by atoms with van der Waals surface area (Å²) in [4.78, 5) is 11.3. The first kappa shape index (κ1) is 27.6. The van der Waals surface area contributed by atoms with Crippen molar-refractivity contribution in [2.45, 2.75) is 129 Å². The van der Waals surface area contributed by atoms with Crippen molar-refractivity contribution in [1.29, 1.82) is 0 Å². The van der Waals surface area contributed by atoms with Crippen LogP contribution in [0.3, 0.4) is 0 Å². The number of allylic oxidation sites excluding steroid dienone is 2. The second-order valence-electron chi connectivity index (χ2n) is 8.05. The summed E-state index contributed by atoms with van der Waals surface area (Å²) in [5.74, 6) is 0.522. The Balaban J connectivity index is 3.13. The summed E-state index contributed by atoms with van der Waals surface area (Å²) in [7, 11) is 0. The summed E-state index contributed by atoms with van der Waals surface area (Å²) >= 11 is 4.02. The molecule has 0 amide bonds. The second kappa shape index (κ2) is 24.6. The van der Waals surface area contributed by atoms with E-state index in [1.807, 2.05) is 0 Å². The highest BCUT2D eigenvalue weighted by atomic mass is 32.1. The lowest BCUT2D eigenvalue weighted by atomic mass is 10.0. The molecular formula is C25H48O2S. The van der Waals surface area contributed by atoms with Gasteiger partial charge < -0.3 is 4.74 Å². The molecule has 0 aliphatic heterocycles. The van der Waals surface area contributed by atoms with Crippen molar-refractivity contribution in [2.75, 3.05) is 12.4 Å². The fourth-order valence-electron chi connectivity index (χ4n) is 3.46. The summed E-state index contributed by atoms with van der Waals surface area (Å²) in [5.41, 5.74) is 0. The largest absolute Gasteiger partial charge is 0.465 e. The van der Waals surface area contributed by atoms with E-state index in [0.717, 1.165) is 19.3 Å². The Bertz CT molecular complexity index is 341.